The summed E-state index contributed by atoms with van der Waals surface area (Å²) in [5, 5.41) is 38.4. The van der Waals surface area contributed by atoms with E-state index in [1.54, 1.807) is 73.6 Å². The van der Waals surface area contributed by atoms with E-state index in [9.17, 15) is 58.5 Å². The normalized spacial score (nSPS) is 20.7. The Morgan fingerprint density at radius 2 is 0.959 bits per heavy atom. The predicted octanol–water partition coefficient (Wildman–Crippen LogP) is 4.17. The zero-order chi connectivity index (χ0) is 69.9. The van der Waals surface area contributed by atoms with Gasteiger partial charge in [0.1, 0.15) is 41.8 Å². The van der Waals surface area contributed by atoms with Crippen LogP contribution in [0.1, 0.15) is 163 Å². The molecule has 4 aliphatic heterocycles. The van der Waals surface area contributed by atoms with Gasteiger partial charge in [-0.15, -0.1) is 0 Å². The van der Waals surface area contributed by atoms with Crippen LogP contribution in [0.15, 0.2) is 72.8 Å². The van der Waals surface area contributed by atoms with Crippen molar-refractivity contribution in [1.29, 1.82) is 0 Å². The van der Waals surface area contributed by atoms with Crippen LogP contribution in [-0.4, -0.2) is 169 Å². The molecule has 0 bridgehead atoms. The molecule has 0 radical (unpaired) electrons. The number of rotatable bonds is 23. The molecule has 0 spiro atoms. The molecule has 2 aromatic heterocycles. The molecule has 97 heavy (non-hydrogen) atoms. The fourth-order valence-corrected chi connectivity index (χ4v) is 11.4. The van der Waals surface area contributed by atoms with Crippen LogP contribution in [-0.2, 0) is 66.8 Å². The van der Waals surface area contributed by atoms with Crippen LogP contribution in [0, 0.1) is 34.5 Å². The number of nitrogens with zero attached hydrogens (tertiary/aromatic N) is 4. The maximum absolute atomic E-state index is 14.2. The van der Waals surface area contributed by atoms with Crippen molar-refractivity contribution >= 4 is 87.1 Å². The number of Topliss-reactive ketones (excluding diaryl/α,β-unsaturated/α-hetero) is 2. The van der Waals surface area contributed by atoms with E-state index in [0.717, 1.165) is 21.9 Å². The number of carboxylic acids is 2. The van der Waals surface area contributed by atoms with Crippen LogP contribution in [0.3, 0.4) is 0 Å². The quantitative estimate of drug-likeness (QED) is 0.0405. The molecule has 0 aliphatic carbocycles. The summed E-state index contributed by atoms with van der Waals surface area (Å²) in [6.45, 7) is 23.1. The number of carbonyl (C=O) groups excluding carboxylic acids is 7. The number of ketones is 2. The van der Waals surface area contributed by atoms with Gasteiger partial charge in [-0.1, -0.05) is 88.4 Å². The number of nitrogens with one attached hydrogen (secondary N) is 4. The van der Waals surface area contributed by atoms with Gasteiger partial charge in [0.2, 0.25) is 11.8 Å². The average molecular weight is 1340 g/mol. The van der Waals surface area contributed by atoms with E-state index < -0.39 is 112 Å². The zero-order valence-corrected chi connectivity index (χ0v) is 58.1. The van der Waals surface area contributed by atoms with Crippen molar-refractivity contribution in [2.24, 2.45) is 34.5 Å². The van der Waals surface area contributed by atoms with E-state index in [1.165, 1.54) is 16.9 Å². The van der Waals surface area contributed by atoms with Crippen molar-refractivity contribution in [2.75, 3.05) is 39.5 Å². The smallest absolute Gasteiger partial charge is 0.870 e. The summed E-state index contributed by atoms with van der Waals surface area (Å²) in [5.74, 6) is -8.51. The number of pyridine rings is 2. The molecule has 4 amide bonds. The minimum atomic E-state index is -1.19. The first-order chi connectivity index (χ1) is 44.6. The molecular weight excluding hydrogens is 1250 g/mol. The number of fused-ring (bicyclic) bond motifs is 2. The topological polar surface area (TPSA) is 371 Å². The molecule has 4 aromatic rings. The Morgan fingerprint density at radius 3 is 1.31 bits per heavy atom. The zero-order valence-electron chi connectivity index (χ0n) is 58.1. The maximum atomic E-state index is 14.2. The predicted molar refractivity (Wildman–Crippen MR) is 353 cm³/mol. The van der Waals surface area contributed by atoms with Gasteiger partial charge in [-0.2, -0.15) is 0 Å². The Balaban J connectivity index is 0.000000344. The molecular formula is C70H95LiN8O18. The van der Waals surface area contributed by atoms with Crippen molar-refractivity contribution in [1.82, 2.24) is 41.5 Å². The Labute approximate surface area is 578 Å². The van der Waals surface area contributed by atoms with Crippen LogP contribution in [0.2, 0.25) is 0 Å². The third-order valence-corrected chi connectivity index (χ3v) is 17.7. The van der Waals surface area contributed by atoms with Gasteiger partial charge in [-0.25, -0.2) is 15.8 Å². The summed E-state index contributed by atoms with van der Waals surface area (Å²) < 4.78 is 29.2. The molecule has 0 saturated carbocycles. The van der Waals surface area contributed by atoms with Gasteiger partial charge in [-0.3, -0.25) is 58.2 Å². The Hall–Kier alpha value is -7.35. The van der Waals surface area contributed by atoms with Gasteiger partial charge in [0.25, 0.3) is 11.8 Å². The summed E-state index contributed by atoms with van der Waals surface area (Å²) in [6, 6.07) is 15.2. The van der Waals surface area contributed by atoms with Crippen LogP contribution in [0.25, 0.3) is 34.0 Å². The number of carboxylic acid groups (broad SMARTS) is 2. The Morgan fingerprint density at radius 1 is 0.598 bits per heavy atom. The van der Waals surface area contributed by atoms with Gasteiger partial charge in [0.15, 0.2) is 11.6 Å². The summed E-state index contributed by atoms with van der Waals surface area (Å²) in [4.78, 5) is 125. The van der Waals surface area contributed by atoms with Gasteiger partial charge in [0.05, 0.1) is 65.8 Å². The first kappa shape index (κ1) is 80.3. The average Bonchev–Trinajstić information content (AvgIpc) is 0.798. The fraction of sp³-hybridized carbons (Fsp3) is 0.557. The summed E-state index contributed by atoms with van der Waals surface area (Å²) in [5.41, 5.74) is 7.20. The van der Waals surface area contributed by atoms with Crippen LogP contribution < -0.4 is 40.3 Å². The number of benzene rings is 2. The fourth-order valence-electron chi connectivity index (χ4n) is 11.4. The van der Waals surface area contributed by atoms with Gasteiger partial charge in [-0.05, 0) is 128 Å². The van der Waals surface area contributed by atoms with E-state index in [-0.39, 0.29) is 87.0 Å². The van der Waals surface area contributed by atoms with Crippen molar-refractivity contribution in [3.63, 3.8) is 0 Å². The maximum Gasteiger partial charge on any atom is 1.00 e. The van der Waals surface area contributed by atoms with Crippen molar-refractivity contribution in [3.8, 4) is 0 Å². The van der Waals surface area contributed by atoms with Crippen molar-refractivity contribution in [2.45, 2.75) is 176 Å². The van der Waals surface area contributed by atoms with Gasteiger partial charge >= 0.3 is 36.8 Å². The summed E-state index contributed by atoms with van der Waals surface area (Å²) >= 11 is 0. The molecule has 26 nitrogen and oxygen atoms in total. The number of aliphatic hydroxyl groups excluding tert-OH is 1. The molecule has 27 heteroatoms. The third-order valence-electron chi connectivity index (χ3n) is 17.7. The van der Waals surface area contributed by atoms with E-state index in [1.807, 2.05) is 94.4 Å². The molecule has 4 saturated heterocycles. The summed E-state index contributed by atoms with van der Waals surface area (Å²) in [7, 11) is 0. The molecule has 8 atom stereocenters. The second-order valence-electron chi connectivity index (χ2n) is 27.0. The molecule has 6 heterocycles. The standard InChI is InChI=1S/C36H48N4O9.C34H46N4O8.Li.H2O/c1-21(2)27(32(43)37-22(3)33(44)40-16-8-9-29(39-40)34(45)46)18-31(42)36(19-47-35(6,7)48-20-36)15-14-25-10-11-26-12-13-28(38-30(26)17-25)23(4)49-24(5)41;1-20(2)25(30(41)35-21(3)31(42)38-15-7-8-27(37-38)32(43)44)17-29(40)34(18-45-33(5,6)46-19-34)14-13-23-9-10-24-11-12-26(22(4)39)36-28(24)16-23;;/h10-15,17,21-23,27,29,39H,8-9,16,18-20H2,1-7H3,(H,37,43)(H,45,46);9-14,16,20-22,25,27,37,39H,7-8,15,17-19H2,1-6H3,(H,35,41)(H,43,44);;1H2/q;;+1;/p-1/b15-14+;14-13+;;/t22-,23+,27-,29-;21-,22+,25-,27-;;/m00../s1. The van der Waals surface area contributed by atoms with E-state index in [4.69, 9.17) is 23.7 Å². The van der Waals surface area contributed by atoms with E-state index >= 15 is 0 Å². The minimum absolute atomic E-state index is 0. The second kappa shape index (κ2) is 34.4. The number of aliphatic carboxylic acids is 2. The van der Waals surface area contributed by atoms with Crippen molar-refractivity contribution < 1.29 is 106 Å². The molecule has 0 unspecified atom stereocenters. The monoisotopic (exact) mass is 1340 g/mol. The number of aromatic nitrogens is 2. The Bertz CT molecular complexity index is 3540. The largest absolute Gasteiger partial charge is 1.00 e. The first-order valence-corrected chi connectivity index (χ1v) is 32.5. The number of carbonyl (C=O) groups is 9. The number of hydrogen-bond donors (Lipinski definition) is 7. The molecule has 2 aromatic carbocycles. The first-order valence-electron chi connectivity index (χ1n) is 32.5. The molecule has 4 aliphatic rings. The summed E-state index contributed by atoms with van der Waals surface area (Å²) in [6.07, 6.45) is 7.55. The number of esters is 1. The number of hydrogen-bond acceptors (Lipinski definition) is 20. The SMILES string of the molecule is CC(=O)O[C@H](C)c1ccc2ccc(/C=C/C3(C(=O)C[C@H](C(=O)N[C@@H](C)C(=O)N4CCC[C@@H](C(=O)O)N4)C(C)C)COC(C)(C)OC3)cc2n1.CC(C)[C@H](CC(=O)C1(/C=C/c2ccc3ccc([C@@H](C)O)nc3c2)COC(C)(C)OC1)C(=O)N[C@@H](C)C(=O)N1CCC[C@@H](C(=O)O)N1.[Li+].[OH-]. The van der Waals surface area contributed by atoms with E-state index in [2.05, 4.69) is 31.5 Å². The molecule has 4 fully saturated rings. The second-order valence-corrected chi connectivity index (χ2v) is 27.0. The molecule has 8 N–H and O–H groups in total. The van der Waals surface area contributed by atoms with E-state index in [0.29, 0.717) is 61.2 Å². The van der Waals surface area contributed by atoms with Crippen molar-refractivity contribution in [3.05, 3.63) is 95.3 Å². The third kappa shape index (κ3) is 21.3. The van der Waals surface area contributed by atoms with Crippen LogP contribution in [0.5, 0.6) is 0 Å². The minimum Gasteiger partial charge on any atom is -0.870 e. The number of aliphatic hydroxyl groups is 1. The van der Waals surface area contributed by atoms with Crippen LogP contribution in [0.4, 0.5) is 0 Å². The molecule has 524 valence electrons. The number of ether oxygens (including phenoxy) is 5. The van der Waals surface area contributed by atoms with Crippen LogP contribution >= 0.6 is 0 Å². The Kier molecular flexibility index (Phi) is 28.5. The van der Waals surface area contributed by atoms with Gasteiger partial charge in [0, 0.05) is 55.5 Å². The molecule has 8 rings (SSSR count). The van der Waals surface area contributed by atoms with Gasteiger partial charge < -0.3 is 55.1 Å². The number of amides is 4. The number of hydrazine groups is 2.